The van der Waals surface area contributed by atoms with Crippen molar-refractivity contribution >= 4 is 17.5 Å². The van der Waals surface area contributed by atoms with E-state index in [-0.39, 0.29) is 0 Å². The topological polar surface area (TPSA) is 49.8 Å². The molecule has 106 valence electrons. The molecule has 0 bridgehead atoms. The summed E-state index contributed by atoms with van der Waals surface area (Å²) < 4.78 is 0. The van der Waals surface area contributed by atoms with Crippen molar-refractivity contribution in [2.24, 2.45) is 0 Å². The molecule has 2 N–H and O–H groups in total. The molecule has 0 saturated heterocycles. The van der Waals surface area contributed by atoms with Crippen LogP contribution >= 0.6 is 0 Å². The van der Waals surface area contributed by atoms with E-state index in [1.807, 2.05) is 31.2 Å². The Morgan fingerprint density at radius 2 is 1.90 bits per heavy atom. The van der Waals surface area contributed by atoms with Gasteiger partial charge in [-0.1, -0.05) is 25.1 Å². The Hall–Kier alpha value is -2.10. The summed E-state index contributed by atoms with van der Waals surface area (Å²) in [6, 6.07) is 10.5. The molecule has 1 heterocycles. The maximum absolute atomic E-state index is 4.52. The fourth-order valence-electron chi connectivity index (χ4n) is 1.89. The fraction of sp³-hybridized carbons (Fsp3) is 0.375. The lowest BCUT2D eigenvalue weighted by Crippen LogP contribution is -2.15. The number of nitrogens with one attached hydrogen (secondary N) is 2. The van der Waals surface area contributed by atoms with E-state index in [1.165, 1.54) is 5.56 Å². The Bertz CT molecular complexity index is 580. The lowest BCUT2D eigenvalue weighted by Gasteiger charge is -2.14. The number of para-hydroxylation sites is 1. The third-order valence-electron chi connectivity index (χ3n) is 3.25. The van der Waals surface area contributed by atoms with Gasteiger partial charge in [-0.3, -0.25) is 0 Å². The highest BCUT2D eigenvalue weighted by Gasteiger charge is 2.06. The van der Waals surface area contributed by atoms with E-state index < -0.39 is 0 Å². The Morgan fingerprint density at radius 3 is 2.60 bits per heavy atom. The first-order valence-electron chi connectivity index (χ1n) is 7.03. The lowest BCUT2D eigenvalue weighted by molar-refractivity contribution is 0.758. The van der Waals surface area contributed by atoms with Crippen LogP contribution in [-0.2, 0) is 0 Å². The number of hydrogen-bond donors (Lipinski definition) is 2. The number of hydrogen-bond acceptors (Lipinski definition) is 4. The van der Waals surface area contributed by atoms with Crippen LogP contribution < -0.4 is 10.6 Å². The highest BCUT2D eigenvalue weighted by atomic mass is 15.1. The SMILES string of the molecule is CCC(C)Nc1cc(C)nc(Nc2ccccc2C)n1. The zero-order valence-corrected chi connectivity index (χ0v) is 12.6. The van der Waals surface area contributed by atoms with Gasteiger partial charge in [0.2, 0.25) is 5.95 Å². The van der Waals surface area contributed by atoms with Gasteiger partial charge in [0.1, 0.15) is 5.82 Å². The summed E-state index contributed by atoms with van der Waals surface area (Å²) in [4.78, 5) is 8.97. The third kappa shape index (κ3) is 3.70. The summed E-state index contributed by atoms with van der Waals surface area (Å²) in [6.45, 7) is 8.34. The molecule has 20 heavy (non-hydrogen) atoms. The molecule has 2 rings (SSSR count). The molecule has 0 fully saturated rings. The zero-order valence-electron chi connectivity index (χ0n) is 12.6. The molecule has 0 aliphatic carbocycles. The summed E-state index contributed by atoms with van der Waals surface area (Å²) in [5, 5.41) is 6.66. The average molecular weight is 270 g/mol. The molecule has 0 saturated carbocycles. The van der Waals surface area contributed by atoms with E-state index in [0.29, 0.717) is 12.0 Å². The number of benzene rings is 1. The molecule has 0 spiro atoms. The summed E-state index contributed by atoms with van der Waals surface area (Å²) in [5.74, 6) is 1.49. The molecule has 0 aliphatic rings. The van der Waals surface area contributed by atoms with Crippen LogP contribution in [0.4, 0.5) is 17.5 Å². The minimum atomic E-state index is 0.399. The van der Waals surface area contributed by atoms with Crippen molar-refractivity contribution in [3.8, 4) is 0 Å². The largest absolute Gasteiger partial charge is 0.367 e. The number of aromatic nitrogens is 2. The van der Waals surface area contributed by atoms with Crippen molar-refractivity contribution in [1.82, 2.24) is 9.97 Å². The Labute approximate surface area is 120 Å². The Kier molecular flexibility index (Phi) is 4.56. The number of aryl methyl sites for hydroxylation is 2. The summed E-state index contributed by atoms with van der Waals surface area (Å²) in [6.07, 6.45) is 1.06. The van der Waals surface area contributed by atoms with Crippen molar-refractivity contribution in [3.63, 3.8) is 0 Å². The van der Waals surface area contributed by atoms with Gasteiger partial charge in [-0.05, 0) is 38.8 Å². The van der Waals surface area contributed by atoms with E-state index in [1.54, 1.807) is 0 Å². The van der Waals surface area contributed by atoms with Gasteiger partial charge in [0.05, 0.1) is 0 Å². The predicted molar refractivity (Wildman–Crippen MR) is 84.6 cm³/mol. The van der Waals surface area contributed by atoms with Crippen LogP contribution in [-0.4, -0.2) is 16.0 Å². The van der Waals surface area contributed by atoms with Crippen molar-refractivity contribution in [3.05, 3.63) is 41.6 Å². The Morgan fingerprint density at radius 1 is 1.15 bits per heavy atom. The second-order valence-electron chi connectivity index (χ2n) is 5.11. The standard InChI is InChI=1S/C16H22N4/c1-5-12(3)17-15-10-13(4)18-16(20-15)19-14-9-7-6-8-11(14)2/h6-10,12H,5H2,1-4H3,(H2,17,18,19,20). The zero-order chi connectivity index (χ0) is 14.5. The molecule has 1 unspecified atom stereocenters. The second-order valence-corrected chi connectivity index (χ2v) is 5.11. The van der Waals surface area contributed by atoms with Crippen molar-refractivity contribution in [2.75, 3.05) is 10.6 Å². The predicted octanol–water partition coefficient (Wildman–Crippen LogP) is 4.05. The van der Waals surface area contributed by atoms with Crippen LogP contribution in [0.25, 0.3) is 0 Å². The third-order valence-corrected chi connectivity index (χ3v) is 3.25. The highest BCUT2D eigenvalue weighted by Crippen LogP contribution is 2.19. The van der Waals surface area contributed by atoms with Crippen LogP contribution in [0.5, 0.6) is 0 Å². The van der Waals surface area contributed by atoms with Gasteiger partial charge in [0.25, 0.3) is 0 Å². The van der Waals surface area contributed by atoms with Gasteiger partial charge in [-0.15, -0.1) is 0 Å². The fourth-order valence-corrected chi connectivity index (χ4v) is 1.89. The lowest BCUT2D eigenvalue weighted by atomic mass is 10.2. The maximum atomic E-state index is 4.52. The molecular weight excluding hydrogens is 248 g/mol. The van der Waals surface area contributed by atoms with Gasteiger partial charge in [-0.25, -0.2) is 4.98 Å². The van der Waals surface area contributed by atoms with Crippen LogP contribution in [0.15, 0.2) is 30.3 Å². The Balaban J connectivity index is 2.22. The summed E-state index contributed by atoms with van der Waals surface area (Å²) in [5.41, 5.74) is 3.16. The molecule has 0 radical (unpaired) electrons. The minimum Gasteiger partial charge on any atom is -0.367 e. The molecule has 0 amide bonds. The van der Waals surface area contributed by atoms with E-state index in [0.717, 1.165) is 23.6 Å². The van der Waals surface area contributed by atoms with Crippen LogP contribution in [0.2, 0.25) is 0 Å². The van der Waals surface area contributed by atoms with Crippen LogP contribution in [0, 0.1) is 13.8 Å². The number of nitrogens with zero attached hydrogens (tertiary/aromatic N) is 2. The van der Waals surface area contributed by atoms with Gasteiger partial charge >= 0.3 is 0 Å². The minimum absolute atomic E-state index is 0.399. The quantitative estimate of drug-likeness (QED) is 0.860. The first kappa shape index (κ1) is 14.3. The summed E-state index contributed by atoms with van der Waals surface area (Å²) >= 11 is 0. The first-order valence-corrected chi connectivity index (χ1v) is 7.03. The van der Waals surface area contributed by atoms with Crippen LogP contribution in [0.3, 0.4) is 0 Å². The molecule has 1 atom stereocenters. The molecule has 0 aliphatic heterocycles. The summed E-state index contributed by atoms with van der Waals surface area (Å²) in [7, 11) is 0. The molecule has 4 nitrogen and oxygen atoms in total. The van der Waals surface area contributed by atoms with Crippen LogP contribution in [0.1, 0.15) is 31.5 Å². The molecule has 4 heteroatoms. The van der Waals surface area contributed by atoms with Crippen molar-refractivity contribution < 1.29 is 0 Å². The monoisotopic (exact) mass is 270 g/mol. The average Bonchev–Trinajstić information content (AvgIpc) is 2.40. The maximum Gasteiger partial charge on any atom is 0.229 e. The van der Waals surface area contributed by atoms with E-state index >= 15 is 0 Å². The van der Waals surface area contributed by atoms with Gasteiger partial charge < -0.3 is 10.6 Å². The molecule has 2 aromatic rings. The number of rotatable bonds is 5. The van der Waals surface area contributed by atoms with E-state index in [2.05, 4.69) is 47.4 Å². The van der Waals surface area contributed by atoms with Gasteiger partial charge in [0.15, 0.2) is 0 Å². The second kappa shape index (κ2) is 6.37. The first-order chi connectivity index (χ1) is 9.58. The van der Waals surface area contributed by atoms with Gasteiger partial charge in [-0.2, -0.15) is 4.98 Å². The van der Waals surface area contributed by atoms with Gasteiger partial charge in [0, 0.05) is 23.5 Å². The van der Waals surface area contributed by atoms with E-state index in [9.17, 15) is 0 Å². The normalized spacial score (nSPS) is 12.0. The molecule has 1 aromatic heterocycles. The smallest absolute Gasteiger partial charge is 0.229 e. The highest BCUT2D eigenvalue weighted by molar-refractivity contribution is 5.59. The van der Waals surface area contributed by atoms with Crippen molar-refractivity contribution in [2.45, 2.75) is 40.2 Å². The molecular formula is C16H22N4. The van der Waals surface area contributed by atoms with E-state index in [4.69, 9.17) is 0 Å². The molecule has 1 aromatic carbocycles. The van der Waals surface area contributed by atoms with Crippen molar-refractivity contribution in [1.29, 1.82) is 0 Å². The number of anilines is 3.